The van der Waals surface area contributed by atoms with Crippen LogP contribution in [0.2, 0.25) is 0 Å². The van der Waals surface area contributed by atoms with Gasteiger partial charge in [-0.25, -0.2) is 0 Å². The van der Waals surface area contributed by atoms with Gasteiger partial charge in [0.25, 0.3) is 0 Å². The molecule has 20 heavy (non-hydrogen) atoms. The molecular weight excluding hydrogens is 250 g/mol. The number of nitrogens with two attached hydrogens (primary N) is 1. The topological polar surface area (TPSA) is 49.6 Å². The zero-order valence-corrected chi connectivity index (χ0v) is 13.4. The molecule has 1 unspecified atom stereocenters. The van der Waals surface area contributed by atoms with Gasteiger partial charge in [0.1, 0.15) is 0 Å². The van der Waals surface area contributed by atoms with Crippen molar-refractivity contribution in [3.8, 4) is 0 Å². The Labute approximate surface area is 123 Å². The normalized spacial score (nSPS) is 35.2. The smallest absolute Gasteiger partial charge is 0.229 e. The molecule has 2 N–H and O–H groups in total. The number of amides is 1. The highest BCUT2D eigenvalue weighted by Gasteiger charge is 2.42. The maximum atomic E-state index is 12.9. The standard InChI is InChI=1S/C16H31N3O/c1-13-6-8-16(12-17,9-7-13)15(20)19(3)11-14-5-4-10-18(14)2/h13-14H,4-12,17H2,1-3H3. The van der Waals surface area contributed by atoms with Gasteiger partial charge in [-0.2, -0.15) is 0 Å². The molecule has 0 aromatic rings. The monoisotopic (exact) mass is 281 g/mol. The molecule has 1 aliphatic heterocycles. The molecule has 1 aliphatic carbocycles. The number of hydrogen-bond acceptors (Lipinski definition) is 3. The summed E-state index contributed by atoms with van der Waals surface area (Å²) in [6.07, 6.45) is 6.67. The molecule has 4 heteroatoms. The first-order valence-electron chi connectivity index (χ1n) is 8.14. The van der Waals surface area contributed by atoms with Gasteiger partial charge in [-0.15, -0.1) is 0 Å². The van der Waals surface area contributed by atoms with E-state index in [9.17, 15) is 4.79 Å². The van der Waals surface area contributed by atoms with Crippen molar-refractivity contribution in [2.75, 3.05) is 33.7 Å². The Kier molecular flexibility index (Phi) is 5.08. The SMILES string of the molecule is CC1CCC(CN)(C(=O)N(C)CC2CCCN2C)CC1. The summed E-state index contributed by atoms with van der Waals surface area (Å²) in [5.41, 5.74) is 5.72. The van der Waals surface area contributed by atoms with Gasteiger partial charge < -0.3 is 15.5 Å². The molecule has 0 radical (unpaired) electrons. The fourth-order valence-corrected chi connectivity index (χ4v) is 3.83. The van der Waals surface area contributed by atoms with E-state index in [2.05, 4.69) is 18.9 Å². The van der Waals surface area contributed by atoms with Crippen LogP contribution < -0.4 is 5.73 Å². The van der Waals surface area contributed by atoms with E-state index in [0.29, 0.717) is 12.6 Å². The van der Waals surface area contributed by atoms with Gasteiger partial charge >= 0.3 is 0 Å². The van der Waals surface area contributed by atoms with Crippen LogP contribution in [0.5, 0.6) is 0 Å². The number of hydrogen-bond donors (Lipinski definition) is 1. The van der Waals surface area contributed by atoms with Gasteiger partial charge in [0.2, 0.25) is 5.91 Å². The third-order valence-corrected chi connectivity index (χ3v) is 5.58. The predicted molar refractivity (Wildman–Crippen MR) is 82.4 cm³/mol. The van der Waals surface area contributed by atoms with E-state index in [1.807, 2.05) is 11.9 Å². The van der Waals surface area contributed by atoms with Crippen molar-refractivity contribution in [3.63, 3.8) is 0 Å². The number of likely N-dealkylation sites (N-methyl/N-ethyl adjacent to an activating group) is 2. The number of rotatable bonds is 4. The van der Waals surface area contributed by atoms with Crippen molar-refractivity contribution in [2.24, 2.45) is 17.1 Å². The third kappa shape index (κ3) is 3.17. The summed E-state index contributed by atoms with van der Waals surface area (Å²) in [6, 6.07) is 0.529. The van der Waals surface area contributed by atoms with E-state index < -0.39 is 0 Å². The minimum absolute atomic E-state index is 0.279. The van der Waals surface area contributed by atoms with Crippen LogP contribution in [0.3, 0.4) is 0 Å². The number of carbonyl (C=O) groups is 1. The molecule has 1 amide bonds. The maximum Gasteiger partial charge on any atom is 0.229 e. The first kappa shape index (κ1) is 15.8. The third-order valence-electron chi connectivity index (χ3n) is 5.58. The Balaban J connectivity index is 1.97. The minimum Gasteiger partial charge on any atom is -0.344 e. The quantitative estimate of drug-likeness (QED) is 0.853. The largest absolute Gasteiger partial charge is 0.344 e. The Morgan fingerprint density at radius 2 is 2.00 bits per heavy atom. The van der Waals surface area contributed by atoms with Gasteiger partial charge in [0.05, 0.1) is 5.41 Å². The van der Waals surface area contributed by atoms with E-state index >= 15 is 0 Å². The Hall–Kier alpha value is -0.610. The molecular formula is C16H31N3O. The van der Waals surface area contributed by atoms with Crippen LogP contribution in [0.15, 0.2) is 0 Å². The van der Waals surface area contributed by atoms with Crippen LogP contribution in [-0.2, 0) is 4.79 Å². The molecule has 1 saturated carbocycles. The average Bonchev–Trinajstić information content (AvgIpc) is 2.85. The summed E-state index contributed by atoms with van der Waals surface area (Å²) in [4.78, 5) is 17.2. The minimum atomic E-state index is -0.279. The van der Waals surface area contributed by atoms with Crippen molar-refractivity contribution in [1.82, 2.24) is 9.80 Å². The van der Waals surface area contributed by atoms with Gasteiger partial charge in [0.15, 0.2) is 0 Å². The summed E-state index contributed by atoms with van der Waals surface area (Å²) in [5, 5.41) is 0. The van der Waals surface area contributed by atoms with E-state index in [4.69, 9.17) is 5.73 Å². The highest BCUT2D eigenvalue weighted by molar-refractivity contribution is 5.83. The lowest BCUT2D eigenvalue weighted by Crippen LogP contribution is -2.51. The lowest BCUT2D eigenvalue weighted by atomic mass is 9.70. The first-order chi connectivity index (χ1) is 9.48. The average molecular weight is 281 g/mol. The molecule has 2 aliphatic rings. The van der Waals surface area contributed by atoms with E-state index in [1.54, 1.807) is 0 Å². The molecule has 0 bridgehead atoms. The van der Waals surface area contributed by atoms with Crippen LogP contribution in [0.4, 0.5) is 0 Å². The van der Waals surface area contributed by atoms with Crippen LogP contribution >= 0.6 is 0 Å². The van der Waals surface area contributed by atoms with Crippen molar-refractivity contribution in [3.05, 3.63) is 0 Å². The first-order valence-corrected chi connectivity index (χ1v) is 8.14. The van der Waals surface area contributed by atoms with E-state index in [-0.39, 0.29) is 11.3 Å². The predicted octanol–water partition coefficient (Wildman–Crippen LogP) is 1.69. The van der Waals surface area contributed by atoms with Gasteiger partial charge in [0, 0.05) is 26.2 Å². The molecule has 0 spiro atoms. The van der Waals surface area contributed by atoms with Crippen LogP contribution in [0.25, 0.3) is 0 Å². The number of nitrogens with zero attached hydrogens (tertiary/aromatic N) is 2. The Morgan fingerprint density at radius 1 is 1.35 bits per heavy atom. The van der Waals surface area contributed by atoms with Crippen molar-refractivity contribution in [1.29, 1.82) is 0 Å². The van der Waals surface area contributed by atoms with Crippen LogP contribution in [-0.4, -0.2) is 55.5 Å². The lowest BCUT2D eigenvalue weighted by Gasteiger charge is -2.40. The second-order valence-electron chi connectivity index (χ2n) is 7.13. The van der Waals surface area contributed by atoms with Crippen molar-refractivity contribution in [2.45, 2.75) is 51.5 Å². The van der Waals surface area contributed by atoms with Gasteiger partial charge in [-0.1, -0.05) is 6.92 Å². The maximum absolute atomic E-state index is 12.9. The van der Waals surface area contributed by atoms with E-state index in [0.717, 1.165) is 44.7 Å². The fourth-order valence-electron chi connectivity index (χ4n) is 3.83. The van der Waals surface area contributed by atoms with Crippen molar-refractivity contribution < 1.29 is 4.79 Å². The Morgan fingerprint density at radius 3 is 2.50 bits per heavy atom. The second-order valence-corrected chi connectivity index (χ2v) is 7.13. The highest BCUT2D eigenvalue weighted by atomic mass is 16.2. The number of carbonyl (C=O) groups excluding carboxylic acids is 1. The Bertz CT molecular complexity index is 337. The van der Waals surface area contributed by atoms with Gasteiger partial charge in [-0.05, 0) is 58.0 Å². The zero-order chi connectivity index (χ0) is 14.8. The second kappa shape index (κ2) is 6.44. The molecule has 116 valence electrons. The van der Waals surface area contributed by atoms with E-state index in [1.165, 1.54) is 12.8 Å². The molecule has 1 saturated heterocycles. The molecule has 2 rings (SSSR count). The summed E-state index contributed by atoms with van der Waals surface area (Å²) < 4.78 is 0. The fraction of sp³-hybridized carbons (Fsp3) is 0.938. The molecule has 0 aromatic heterocycles. The molecule has 4 nitrogen and oxygen atoms in total. The molecule has 2 fully saturated rings. The zero-order valence-electron chi connectivity index (χ0n) is 13.4. The van der Waals surface area contributed by atoms with Crippen molar-refractivity contribution >= 4 is 5.91 Å². The summed E-state index contributed by atoms with van der Waals surface area (Å²) in [5.74, 6) is 1.03. The van der Waals surface area contributed by atoms with Crippen LogP contribution in [0.1, 0.15) is 45.4 Å². The summed E-state index contributed by atoms with van der Waals surface area (Å²) in [7, 11) is 4.13. The number of likely N-dealkylation sites (tertiary alicyclic amines) is 1. The summed E-state index contributed by atoms with van der Waals surface area (Å²) >= 11 is 0. The van der Waals surface area contributed by atoms with Gasteiger partial charge in [-0.3, -0.25) is 4.79 Å². The molecule has 1 atom stereocenters. The highest BCUT2D eigenvalue weighted by Crippen LogP contribution is 2.39. The van der Waals surface area contributed by atoms with Crippen LogP contribution in [0, 0.1) is 11.3 Å². The molecule has 0 aromatic carbocycles. The lowest BCUT2D eigenvalue weighted by molar-refractivity contribution is -0.143. The molecule has 1 heterocycles. The summed E-state index contributed by atoms with van der Waals surface area (Å²) in [6.45, 7) is 4.80.